The highest BCUT2D eigenvalue weighted by molar-refractivity contribution is 5.99. The van der Waals surface area contributed by atoms with Gasteiger partial charge in [0, 0.05) is 23.7 Å². The Balaban J connectivity index is 1.35. The topological polar surface area (TPSA) is 147 Å². The second kappa shape index (κ2) is 11.4. The van der Waals surface area contributed by atoms with Crippen LogP contribution >= 0.6 is 0 Å². The van der Waals surface area contributed by atoms with Gasteiger partial charge in [-0.05, 0) is 54.8 Å². The van der Waals surface area contributed by atoms with Gasteiger partial charge in [0.25, 0.3) is 5.91 Å². The number of aliphatic carboxylic acids is 2. The van der Waals surface area contributed by atoms with Crippen molar-refractivity contribution in [2.24, 2.45) is 0 Å². The van der Waals surface area contributed by atoms with Gasteiger partial charge in [0.2, 0.25) is 0 Å². The molecule has 1 atom stereocenters. The average Bonchev–Trinajstić information content (AvgIpc) is 3.60. The Morgan fingerprint density at radius 2 is 1.79 bits per heavy atom. The van der Waals surface area contributed by atoms with Gasteiger partial charge in [-0.1, -0.05) is 31.4 Å². The summed E-state index contributed by atoms with van der Waals surface area (Å²) in [5.41, 5.74) is 4.09. The largest absolute Gasteiger partial charge is 0.480 e. The molecular weight excluding hydrogens is 500 g/mol. The molecule has 10 heteroatoms. The molecule has 10 nitrogen and oxygen atoms in total. The first-order valence-corrected chi connectivity index (χ1v) is 13.0. The number of carboxylic acid groups (broad SMARTS) is 2. The van der Waals surface area contributed by atoms with E-state index in [0.29, 0.717) is 28.4 Å². The summed E-state index contributed by atoms with van der Waals surface area (Å²) in [6, 6.07) is 13.1. The lowest BCUT2D eigenvalue weighted by molar-refractivity contribution is -0.139. The SMILES string of the molecule is O=C(O)CNc1ccc(C[C@H](NC(=O)c2ccc3c(c2)nc(-c2ccoc2)n3C2CCCCC2)C(=O)O)cc1. The Bertz CT molecular complexity index is 1470. The Morgan fingerprint density at radius 3 is 2.46 bits per heavy atom. The predicted octanol–water partition coefficient (Wildman–Crippen LogP) is 4.72. The maximum atomic E-state index is 13.1. The monoisotopic (exact) mass is 530 g/mol. The number of carbonyl (C=O) groups excluding carboxylic acids is 1. The average molecular weight is 531 g/mol. The van der Waals surface area contributed by atoms with Crippen LogP contribution in [0.5, 0.6) is 0 Å². The molecule has 5 rings (SSSR count). The van der Waals surface area contributed by atoms with Crippen LogP contribution in [0.4, 0.5) is 5.69 Å². The molecule has 0 spiro atoms. The molecule has 0 bridgehead atoms. The molecule has 0 unspecified atom stereocenters. The highest BCUT2D eigenvalue weighted by Crippen LogP contribution is 2.36. The molecule has 0 radical (unpaired) electrons. The summed E-state index contributed by atoms with van der Waals surface area (Å²) in [5, 5.41) is 23.9. The van der Waals surface area contributed by atoms with Crippen LogP contribution in [0.1, 0.15) is 54.1 Å². The molecule has 0 saturated heterocycles. The highest BCUT2D eigenvalue weighted by Gasteiger charge is 2.25. The molecule has 202 valence electrons. The van der Waals surface area contributed by atoms with Gasteiger partial charge in [0.15, 0.2) is 0 Å². The number of aromatic nitrogens is 2. The Hall–Kier alpha value is -4.60. The minimum Gasteiger partial charge on any atom is -0.480 e. The molecule has 4 aromatic rings. The lowest BCUT2D eigenvalue weighted by Gasteiger charge is -2.25. The van der Waals surface area contributed by atoms with Crippen LogP contribution in [0.25, 0.3) is 22.4 Å². The summed E-state index contributed by atoms with van der Waals surface area (Å²) in [5.74, 6) is -1.83. The number of anilines is 1. The van der Waals surface area contributed by atoms with Crippen molar-refractivity contribution in [3.63, 3.8) is 0 Å². The number of carboxylic acids is 2. The van der Waals surface area contributed by atoms with Crippen molar-refractivity contribution in [3.8, 4) is 11.4 Å². The molecule has 4 N–H and O–H groups in total. The van der Waals surface area contributed by atoms with Crippen LogP contribution in [0, 0.1) is 0 Å². The number of benzene rings is 2. The van der Waals surface area contributed by atoms with E-state index in [4.69, 9.17) is 14.5 Å². The van der Waals surface area contributed by atoms with Gasteiger partial charge in [-0.15, -0.1) is 0 Å². The first-order chi connectivity index (χ1) is 18.9. The Labute approximate surface area is 224 Å². The third-order valence-corrected chi connectivity index (χ3v) is 7.11. The summed E-state index contributed by atoms with van der Waals surface area (Å²) in [6.07, 6.45) is 9.03. The zero-order valence-corrected chi connectivity index (χ0v) is 21.3. The molecule has 1 saturated carbocycles. The van der Waals surface area contributed by atoms with Gasteiger partial charge >= 0.3 is 11.9 Å². The number of hydrogen-bond donors (Lipinski definition) is 4. The molecule has 1 amide bonds. The third kappa shape index (κ3) is 5.95. The second-order valence-corrected chi connectivity index (χ2v) is 9.83. The molecule has 1 aliphatic rings. The summed E-state index contributed by atoms with van der Waals surface area (Å²) in [6.45, 7) is -0.222. The molecule has 1 fully saturated rings. The lowest BCUT2D eigenvalue weighted by Crippen LogP contribution is -2.42. The van der Waals surface area contributed by atoms with E-state index in [0.717, 1.165) is 42.6 Å². The van der Waals surface area contributed by atoms with Crippen molar-refractivity contribution < 1.29 is 29.0 Å². The molecular formula is C29H30N4O6. The van der Waals surface area contributed by atoms with Gasteiger partial charge in [-0.2, -0.15) is 0 Å². The fraction of sp³-hybridized carbons (Fsp3) is 0.310. The predicted molar refractivity (Wildman–Crippen MR) is 145 cm³/mol. The molecule has 0 aliphatic heterocycles. The number of amides is 1. The number of imidazole rings is 1. The van der Waals surface area contributed by atoms with E-state index in [-0.39, 0.29) is 13.0 Å². The van der Waals surface area contributed by atoms with E-state index >= 15 is 0 Å². The van der Waals surface area contributed by atoms with Crippen LogP contribution in [0.3, 0.4) is 0 Å². The fourth-order valence-corrected chi connectivity index (χ4v) is 5.16. The van der Waals surface area contributed by atoms with Crippen molar-refractivity contribution >= 4 is 34.6 Å². The first-order valence-electron chi connectivity index (χ1n) is 13.0. The number of rotatable bonds is 10. The quantitative estimate of drug-likeness (QED) is 0.230. The molecule has 1 aliphatic carbocycles. The summed E-state index contributed by atoms with van der Waals surface area (Å²) < 4.78 is 7.56. The van der Waals surface area contributed by atoms with E-state index in [2.05, 4.69) is 15.2 Å². The van der Waals surface area contributed by atoms with Gasteiger partial charge in [0.1, 0.15) is 24.7 Å². The zero-order valence-electron chi connectivity index (χ0n) is 21.3. The van der Waals surface area contributed by atoms with E-state index in [1.54, 1.807) is 48.9 Å². The minimum absolute atomic E-state index is 0.0729. The van der Waals surface area contributed by atoms with Crippen molar-refractivity contribution in [1.29, 1.82) is 0 Å². The number of fused-ring (bicyclic) bond motifs is 1. The number of hydrogen-bond acceptors (Lipinski definition) is 6. The van der Waals surface area contributed by atoms with E-state index in [1.807, 2.05) is 12.1 Å². The molecule has 2 aromatic carbocycles. The molecule has 2 aromatic heterocycles. The Morgan fingerprint density at radius 1 is 1.03 bits per heavy atom. The number of nitrogens with zero attached hydrogens (tertiary/aromatic N) is 2. The van der Waals surface area contributed by atoms with Gasteiger partial charge in [-0.3, -0.25) is 9.59 Å². The smallest absolute Gasteiger partial charge is 0.326 e. The first kappa shape index (κ1) is 26.0. The summed E-state index contributed by atoms with van der Waals surface area (Å²) >= 11 is 0. The summed E-state index contributed by atoms with van der Waals surface area (Å²) in [4.78, 5) is 40.7. The third-order valence-electron chi connectivity index (χ3n) is 7.11. The zero-order chi connectivity index (χ0) is 27.4. The van der Waals surface area contributed by atoms with Crippen LogP contribution in [-0.4, -0.2) is 50.2 Å². The van der Waals surface area contributed by atoms with Gasteiger partial charge < -0.3 is 29.8 Å². The van der Waals surface area contributed by atoms with Crippen LogP contribution < -0.4 is 10.6 Å². The van der Waals surface area contributed by atoms with Crippen LogP contribution in [0.2, 0.25) is 0 Å². The van der Waals surface area contributed by atoms with Gasteiger partial charge in [0.05, 0.1) is 22.9 Å². The van der Waals surface area contributed by atoms with Gasteiger partial charge in [-0.25, -0.2) is 9.78 Å². The summed E-state index contributed by atoms with van der Waals surface area (Å²) in [7, 11) is 0. The maximum absolute atomic E-state index is 13.1. The number of carbonyl (C=O) groups is 3. The molecule has 2 heterocycles. The van der Waals surface area contributed by atoms with Crippen LogP contribution in [-0.2, 0) is 16.0 Å². The lowest BCUT2D eigenvalue weighted by atomic mass is 9.95. The highest BCUT2D eigenvalue weighted by atomic mass is 16.4. The number of furan rings is 1. The molecule has 39 heavy (non-hydrogen) atoms. The Kier molecular flexibility index (Phi) is 7.62. The van der Waals surface area contributed by atoms with E-state index in [1.165, 1.54) is 6.42 Å². The fourth-order valence-electron chi connectivity index (χ4n) is 5.16. The van der Waals surface area contributed by atoms with E-state index in [9.17, 15) is 19.5 Å². The maximum Gasteiger partial charge on any atom is 0.326 e. The van der Waals surface area contributed by atoms with Crippen LogP contribution in [0.15, 0.2) is 65.5 Å². The van der Waals surface area contributed by atoms with Crippen molar-refractivity contribution in [2.75, 3.05) is 11.9 Å². The van der Waals surface area contributed by atoms with E-state index < -0.39 is 23.9 Å². The van der Waals surface area contributed by atoms with Crippen molar-refractivity contribution in [2.45, 2.75) is 50.6 Å². The van der Waals surface area contributed by atoms with Crippen molar-refractivity contribution in [3.05, 3.63) is 72.2 Å². The minimum atomic E-state index is -1.15. The standard InChI is InChI=1S/C29H30N4O6/c34-26(35)16-30-21-9-6-18(7-10-21)14-24(29(37)38)32-28(36)19-8-11-25-23(15-19)31-27(20-12-13-39-17-20)33(25)22-4-2-1-3-5-22/h6-13,15,17,22,24,30H,1-5,14,16H2,(H,32,36)(H,34,35)(H,37,38)/t24-/m0/s1. The number of nitrogens with one attached hydrogen (secondary N) is 2. The van der Waals surface area contributed by atoms with Crippen molar-refractivity contribution in [1.82, 2.24) is 14.9 Å². The normalized spacial score (nSPS) is 14.7. The second-order valence-electron chi connectivity index (χ2n) is 9.83.